The molecule has 0 spiro atoms. The van der Waals surface area contributed by atoms with Crippen molar-refractivity contribution in [3.05, 3.63) is 23.2 Å². The molecule has 0 bridgehead atoms. The minimum atomic E-state index is -0.365. The van der Waals surface area contributed by atoms with Crippen LogP contribution in [0.15, 0.2) is 10.5 Å². The Morgan fingerprint density at radius 1 is 1.35 bits per heavy atom. The van der Waals surface area contributed by atoms with E-state index < -0.39 is 0 Å². The average Bonchev–Trinajstić information content (AvgIpc) is 2.63. The molecule has 1 rings (SSSR count). The summed E-state index contributed by atoms with van der Waals surface area (Å²) in [6.45, 7) is 7.18. The summed E-state index contributed by atoms with van der Waals surface area (Å²) < 4.78 is 5.24. The van der Waals surface area contributed by atoms with E-state index >= 15 is 0 Å². The highest BCUT2D eigenvalue weighted by Crippen LogP contribution is 2.12. The van der Waals surface area contributed by atoms with Crippen molar-refractivity contribution in [1.82, 2.24) is 10.9 Å². The third-order valence-electron chi connectivity index (χ3n) is 2.64. The quantitative estimate of drug-likeness (QED) is 0.787. The van der Waals surface area contributed by atoms with Gasteiger partial charge in [-0.2, -0.15) is 0 Å². The highest BCUT2D eigenvalue weighted by atomic mass is 16.3. The van der Waals surface area contributed by atoms with Crippen molar-refractivity contribution >= 4 is 11.8 Å². The van der Waals surface area contributed by atoms with Crippen LogP contribution in [0.4, 0.5) is 0 Å². The minimum Gasteiger partial charge on any atom is -0.466 e. The Bertz CT molecular complexity index is 423. The molecule has 5 nitrogen and oxygen atoms in total. The Kier molecular flexibility index (Phi) is 4.31. The first kappa shape index (κ1) is 13.3. The molecule has 2 N–H and O–H groups in total. The predicted octanol–water partition coefficient (Wildman–Crippen LogP) is 1.70. The zero-order valence-electron chi connectivity index (χ0n) is 10.6. The van der Waals surface area contributed by atoms with E-state index in [4.69, 9.17) is 4.42 Å². The van der Waals surface area contributed by atoms with Gasteiger partial charge in [0.15, 0.2) is 0 Å². The maximum atomic E-state index is 11.7. The number of carbonyl (C=O) groups excluding carboxylic acids is 2. The van der Waals surface area contributed by atoms with Crippen LogP contribution < -0.4 is 10.9 Å². The molecule has 1 aromatic rings. The van der Waals surface area contributed by atoms with Crippen LogP contribution in [0.25, 0.3) is 0 Å². The average molecular weight is 238 g/mol. The van der Waals surface area contributed by atoms with Crippen LogP contribution in [-0.2, 0) is 4.79 Å². The largest absolute Gasteiger partial charge is 0.466 e. The second-order valence-electron chi connectivity index (χ2n) is 4.08. The first-order valence-electron chi connectivity index (χ1n) is 5.63. The number of nitrogens with one attached hydrogen (secondary N) is 2. The number of amides is 2. The molecule has 17 heavy (non-hydrogen) atoms. The van der Waals surface area contributed by atoms with Gasteiger partial charge in [0.25, 0.3) is 5.91 Å². The molecule has 5 heteroatoms. The minimum absolute atomic E-state index is 0.123. The van der Waals surface area contributed by atoms with Gasteiger partial charge in [-0.25, -0.2) is 0 Å². The van der Waals surface area contributed by atoms with Gasteiger partial charge in [-0.15, -0.1) is 0 Å². The normalized spacial score (nSPS) is 12.0. The first-order valence-corrected chi connectivity index (χ1v) is 5.63. The summed E-state index contributed by atoms with van der Waals surface area (Å²) in [5, 5.41) is 0. The fraction of sp³-hybridized carbons (Fsp3) is 0.500. The van der Waals surface area contributed by atoms with E-state index in [0.717, 1.165) is 6.42 Å². The van der Waals surface area contributed by atoms with Gasteiger partial charge in [0.1, 0.15) is 11.5 Å². The number of furan rings is 1. The lowest BCUT2D eigenvalue weighted by Crippen LogP contribution is -2.44. The van der Waals surface area contributed by atoms with Crippen LogP contribution in [-0.4, -0.2) is 11.8 Å². The zero-order valence-corrected chi connectivity index (χ0v) is 10.6. The fourth-order valence-corrected chi connectivity index (χ4v) is 1.35. The summed E-state index contributed by atoms with van der Waals surface area (Å²) >= 11 is 0. The van der Waals surface area contributed by atoms with Gasteiger partial charge in [0.05, 0.1) is 5.56 Å². The molecule has 1 unspecified atom stereocenters. The van der Waals surface area contributed by atoms with Crippen molar-refractivity contribution in [3.63, 3.8) is 0 Å². The highest BCUT2D eigenvalue weighted by molar-refractivity contribution is 5.96. The van der Waals surface area contributed by atoms with Crippen molar-refractivity contribution in [1.29, 1.82) is 0 Å². The lowest BCUT2D eigenvalue weighted by Gasteiger charge is -2.10. The smallest absolute Gasteiger partial charge is 0.273 e. The van der Waals surface area contributed by atoms with E-state index in [0.29, 0.717) is 17.1 Å². The Morgan fingerprint density at radius 2 is 2.00 bits per heavy atom. The molecular weight excluding hydrogens is 220 g/mol. The van der Waals surface area contributed by atoms with Crippen molar-refractivity contribution in [2.75, 3.05) is 0 Å². The summed E-state index contributed by atoms with van der Waals surface area (Å²) in [5.41, 5.74) is 5.19. The molecule has 1 heterocycles. The molecule has 1 aromatic heterocycles. The van der Waals surface area contributed by atoms with Gasteiger partial charge in [-0.3, -0.25) is 20.4 Å². The molecule has 0 aliphatic heterocycles. The Morgan fingerprint density at radius 3 is 2.47 bits per heavy atom. The van der Waals surface area contributed by atoms with Crippen LogP contribution >= 0.6 is 0 Å². The number of hydrazine groups is 1. The maximum Gasteiger partial charge on any atom is 0.273 e. The van der Waals surface area contributed by atoms with Gasteiger partial charge in [0, 0.05) is 5.92 Å². The molecule has 0 aliphatic rings. The second kappa shape index (κ2) is 5.52. The topological polar surface area (TPSA) is 71.3 Å². The van der Waals surface area contributed by atoms with E-state index in [-0.39, 0.29) is 17.7 Å². The molecule has 0 aromatic carbocycles. The zero-order chi connectivity index (χ0) is 13.0. The standard InChI is InChI=1S/C12H18N2O3/c1-5-7(2)11(15)13-14-12(16)10-6-8(3)17-9(10)4/h6-7H,5H2,1-4H3,(H,13,15)(H,14,16). The van der Waals surface area contributed by atoms with Crippen molar-refractivity contribution in [2.24, 2.45) is 5.92 Å². The third kappa shape index (κ3) is 3.34. The Hall–Kier alpha value is -1.78. The van der Waals surface area contributed by atoms with Crippen molar-refractivity contribution in [3.8, 4) is 0 Å². The molecule has 1 atom stereocenters. The SMILES string of the molecule is CCC(C)C(=O)NNC(=O)c1cc(C)oc1C. The van der Waals surface area contributed by atoms with Gasteiger partial charge >= 0.3 is 0 Å². The van der Waals surface area contributed by atoms with Gasteiger partial charge in [-0.05, 0) is 26.3 Å². The monoisotopic (exact) mass is 238 g/mol. The van der Waals surface area contributed by atoms with Crippen molar-refractivity contribution < 1.29 is 14.0 Å². The number of aryl methyl sites for hydroxylation is 2. The van der Waals surface area contributed by atoms with Gasteiger partial charge in [-0.1, -0.05) is 13.8 Å². The van der Waals surface area contributed by atoms with Crippen LogP contribution in [0.1, 0.15) is 42.1 Å². The maximum absolute atomic E-state index is 11.7. The lowest BCUT2D eigenvalue weighted by molar-refractivity contribution is -0.125. The van der Waals surface area contributed by atoms with Crippen LogP contribution in [0.2, 0.25) is 0 Å². The summed E-state index contributed by atoms with van der Waals surface area (Å²) in [6, 6.07) is 1.64. The van der Waals surface area contributed by atoms with Gasteiger partial charge in [0.2, 0.25) is 5.91 Å². The molecule has 0 saturated heterocycles. The van der Waals surface area contributed by atoms with Gasteiger partial charge < -0.3 is 4.42 Å². The molecule has 2 amide bonds. The Labute approximate surface area is 101 Å². The Balaban J connectivity index is 2.56. The van der Waals surface area contributed by atoms with Crippen LogP contribution in [0.3, 0.4) is 0 Å². The van der Waals surface area contributed by atoms with E-state index in [9.17, 15) is 9.59 Å². The summed E-state index contributed by atoms with van der Waals surface area (Å²) in [6.07, 6.45) is 0.728. The third-order valence-corrected chi connectivity index (χ3v) is 2.64. The van der Waals surface area contributed by atoms with E-state index in [1.807, 2.05) is 6.92 Å². The lowest BCUT2D eigenvalue weighted by atomic mass is 10.1. The molecule has 0 fully saturated rings. The fourth-order valence-electron chi connectivity index (χ4n) is 1.35. The van der Waals surface area contributed by atoms with Crippen LogP contribution in [0, 0.1) is 19.8 Å². The first-order chi connectivity index (χ1) is 7.95. The van der Waals surface area contributed by atoms with E-state index in [1.165, 1.54) is 0 Å². The highest BCUT2D eigenvalue weighted by Gasteiger charge is 2.15. The number of carbonyl (C=O) groups is 2. The van der Waals surface area contributed by atoms with E-state index in [2.05, 4.69) is 10.9 Å². The summed E-state index contributed by atoms with van der Waals surface area (Å²) in [5.74, 6) is 0.524. The molecule has 0 saturated carbocycles. The number of hydrogen-bond donors (Lipinski definition) is 2. The van der Waals surface area contributed by atoms with E-state index in [1.54, 1.807) is 26.8 Å². The molecular formula is C12H18N2O3. The predicted molar refractivity (Wildman–Crippen MR) is 63.2 cm³/mol. The molecule has 0 aliphatic carbocycles. The molecule has 94 valence electrons. The number of hydrogen-bond acceptors (Lipinski definition) is 3. The summed E-state index contributed by atoms with van der Waals surface area (Å²) in [4.78, 5) is 23.2. The van der Waals surface area contributed by atoms with Crippen LogP contribution in [0.5, 0.6) is 0 Å². The van der Waals surface area contributed by atoms with Crippen molar-refractivity contribution in [2.45, 2.75) is 34.1 Å². The number of rotatable bonds is 3. The second-order valence-corrected chi connectivity index (χ2v) is 4.08. The summed E-state index contributed by atoms with van der Waals surface area (Å²) in [7, 11) is 0. The molecule has 0 radical (unpaired) electrons.